The Labute approximate surface area is 158 Å². The monoisotopic (exact) mass is 356 g/mol. The van der Waals surface area contributed by atoms with Gasteiger partial charge >= 0.3 is 0 Å². The van der Waals surface area contributed by atoms with Gasteiger partial charge in [-0.15, -0.1) is 0 Å². The summed E-state index contributed by atoms with van der Waals surface area (Å²) in [5.41, 5.74) is 4.07. The predicted molar refractivity (Wildman–Crippen MR) is 110 cm³/mol. The zero-order valence-electron chi connectivity index (χ0n) is 15.3. The fraction of sp³-hybridized carbons (Fsp3) is 0.0833. The van der Waals surface area contributed by atoms with Crippen LogP contribution in [0.3, 0.4) is 0 Å². The highest BCUT2D eigenvalue weighted by atomic mass is 16.5. The molecular formula is C24H20O3. The van der Waals surface area contributed by atoms with Crippen LogP contribution < -0.4 is 9.47 Å². The Hall–Kier alpha value is -3.46. The number of methoxy groups -OCH3 is 2. The summed E-state index contributed by atoms with van der Waals surface area (Å²) in [6.45, 7) is 0. The summed E-state index contributed by atoms with van der Waals surface area (Å²) >= 11 is 0. The average molecular weight is 356 g/mol. The van der Waals surface area contributed by atoms with E-state index in [0.29, 0.717) is 5.75 Å². The van der Waals surface area contributed by atoms with Gasteiger partial charge in [-0.2, -0.15) is 0 Å². The minimum absolute atomic E-state index is 0.716. The molecule has 3 heteroatoms. The van der Waals surface area contributed by atoms with Crippen LogP contribution in [-0.2, 0) is 0 Å². The SMILES string of the molecule is COc1ccc(C=Cc2ccc3cc(-c4ccccc4)oc3c2)cc1OC. The highest BCUT2D eigenvalue weighted by Crippen LogP contribution is 2.30. The second kappa shape index (κ2) is 7.42. The minimum atomic E-state index is 0.716. The van der Waals surface area contributed by atoms with Gasteiger partial charge in [-0.25, -0.2) is 0 Å². The van der Waals surface area contributed by atoms with Crippen molar-refractivity contribution in [3.05, 3.63) is 83.9 Å². The maximum atomic E-state index is 6.04. The smallest absolute Gasteiger partial charge is 0.161 e. The van der Waals surface area contributed by atoms with E-state index in [2.05, 4.69) is 42.5 Å². The zero-order valence-corrected chi connectivity index (χ0v) is 15.3. The van der Waals surface area contributed by atoms with Crippen LogP contribution >= 0.6 is 0 Å². The highest BCUT2D eigenvalue weighted by molar-refractivity contribution is 5.86. The second-order valence-corrected chi connectivity index (χ2v) is 6.22. The number of rotatable bonds is 5. The minimum Gasteiger partial charge on any atom is -0.493 e. The van der Waals surface area contributed by atoms with E-state index in [0.717, 1.165) is 39.2 Å². The quantitative estimate of drug-likeness (QED) is 0.394. The van der Waals surface area contributed by atoms with Crippen molar-refractivity contribution in [1.29, 1.82) is 0 Å². The van der Waals surface area contributed by atoms with Crippen molar-refractivity contribution >= 4 is 23.1 Å². The number of ether oxygens (including phenoxy) is 2. The molecule has 27 heavy (non-hydrogen) atoms. The Balaban J connectivity index is 1.62. The van der Waals surface area contributed by atoms with Crippen molar-refractivity contribution in [3.8, 4) is 22.8 Å². The van der Waals surface area contributed by atoms with E-state index < -0.39 is 0 Å². The molecule has 0 amide bonds. The molecule has 3 aromatic carbocycles. The molecule has 0 spiro atoms. The summed E-state index contributed by atoms with van der Waals surface area (Å²) in [4.78, 5) is 0. The van der Waals surface area contributed by atoms with Gasteiger partial charge < -0.3 is 13.9 Å². The van der Waals surface area contributed by atoms with Crippen molar-refractivity contribution < 1.29 is 13.9 Å². The third-order valence-corrected chi connectivity index (χ3v) is 4.48. The van der Waals surface area contributed by atoms with E-state index in [1.165, 1.54) is 0 Å². The maximum Gasteiger partial charge on any atom is 0.161 e. The van der Waals surface area contributed by atoms with E-state index in [1.54, 1.807) is 14.2 Å². The van der Waals surface area contributed by atoms with E-state index >= 15 is 0 Å². The third kappa shape index (κ3) is 3.58. The lowest BCUT2D eigenvalue weighted by atomic mass is 10.1. The molecule has 0 fully saturated rings. The Kier molecular flexibility index (Phi) is 4.67. The number of fused-ring (bicyclic) bond motifs is 1. The lowest BCUT2D eigenvalue weighted by Crippen LogP contribution is -1.90. The first-order valence-corrected chi connectivity index (χ1v) is 8.76. The molecule has 1 heterocycles. The van der Waals surface area contributed by atoms with Gasteiger partial charge in [0.05, 0.1) is 14.2 Å². The lowest BCUT2D eigenvalue weighted by molar-refractivity contribution is 0.355. The van der Waals surface area contributed by atoms with Gasteiger partial charge in [0, 0.05) is 10.9 Å². The second-order valence-electron chi connectivity index (χ2n) is 6.22. The van der Waals surface area contributed by atoms with Crippen molar-refractivity contribution in [1.82, 2.24) is 0 Å². The van der Waals surface area contributed by atoms with Crippen LogP contribution in [0.1, 0.15) is 11.1 Å². The normalized spacial score (nSPS) is 11.2. The van der Waals surface area contributed by atoms with Crippen LogP contribution in [-0.4, -0.2) is 14.2 Å². The molecule has 0 aliphatic heterocycles. The van der Waals surface area contributed by atoms with Crippen molar-refractivity contribution in [2.75, 3.05) is 14.2 Å². The van der Waals surface area contributed by atoms with Crippen LogP contribution in [0, 0.1) is 0 Å². The molecule has 0 radical (unpaired) electrons. The molecule has 1 aromatic heterocycles. The molecule has 4 rings (SSSR count). The molecule has 3 nitrogen and oxygen atoms in total. The average Bonchev–Trinajstić information content (AvgIpc) is 3.16. The van der Waals surface area contributed by atoms with Gasteiger partial charge in [0.25, 0.3) is 0 Å². The molecule has 0 saturated heterocycles. The van der Waals surface area contributed by atoms with E-state index in [1.807, 2.05) is 42.5 Å². The fourth-order valence-electron chi connectivity index (χ4n) is 3.05. The number of hydrogen-bond acceptors (Lipinski definition) is 3. The molecule has 4 aromatic rings. The molecule has 0 N–H and O–H groups in total. The van der Waals surface area contributed by atoms with Gasteiger partial charge in [0.2, 0.25) is 0 Å². The van der Waals surface area contributed by atoms with Crippen LogP contribution in [0.2, 0.25) is 0 Å². The van der Waals surface area contributed by atoms with E-state index in [9.17, 15) is 0 Å². The summed E-state index contributed by atoms with van der Waals surface area (Å²) < 4.78 is 16.7. The standard InChI is InChI=1S/C24H20O3/c1-25-21-13-11-18(15-24(21)26-2)9-8-17-10-12-20-16-23(27-22(20)14-17)19-6-4-3-5-7-19/h3-16H,1-2H3. The molecule has 0 bridgehead atoms. The van der Waals surface area contributed by atoms with Gasteiger partial charge in [-0.1, -0.05) is 60.7 Å². The molecule has 0 atom stereocenters. The Morgan fingerprint density at radius 2 is 1.41 bits per heavy atom. The fourth-order valence-corrected chi connectivity index (χ4v) is 3.05. The zero-order chi connectivity index (χ0) is 18.6. The molecule has 0 aliphatic carbocycles. The Morgan fingerprint density at radius 3 is 2.15 bits per heavy atom. The summed E-state index contributed by atoms with van der Waals surface area (Å²) in [5, 5.41) is 1.09. The maximum absolute atomic E-state index is 6.04. The summed E-state index contributed by atoms with van der Waals surface area (Å²) in [6, 6.07) is 24.3. The molecular weight excluding hydrogens is 336 g/mol. The van der Waals surface area contributed by atoms with Gasteiger partial charge in [0.1, 0.15) is 11.3 Å². The van der Waals surface area contributed by atoms with Gasteiger partial charge in [0.15, 0.2) is 11.5 Å². The topological polar surface area (TPSA) is 31.6 Å². The first-order chi connectivity index (χ1) is 13.3. The number of benzene rings is 3. The van der Waals surface area contributed by atoms with E-state index in [4.69, 9.17) is 13.9 Å². The summed E-state index contributed by atoms with van der Waals surface area (Å²) in [5.74, 6) is 2.32. The van der Waals surface area contributed by atoms with Crippen LogP contribution in [0.15, 0.2) is 77.2 Å². The molecule has 0 saturated carbocycles. The number of furan rings is 1. The predicted octanol–water partition coefficient (Wildman–Crippen LogP) is 6.29. The van der Waals surface area contributed by atoms with Crippen molar-refractivity contribution in [2.45, 2.75) is 0 Å². The third-order valence-electron chi connectivity index (χ3n) is 4.48. The first kappa shape index (κ1) is 17.0. The van der Waals surface area contributed by atoms with Gasteiger partial charge in [-0.3, -0.25) is 0 Å². The molecule has 134 valence electrons. The largest absolute Gasteiger partial charge is 0.493 e. The Bertz CT molecular complexity index is 1090. The van der Waals surface area contributed by atoms with E-state index in [-0.39, 0.29) is 0 Å². The van der Waals surface area contributed by atoms with Crippen LogP contribution in [0.5, 0.6) is 11.5 Å². The lowest BCUT2D eigenvalue weighted by Gasteiger charge is -2.07. The first-order valence-electron chi connectivity index (χ1n) is 8.76. The van der Waals surface area contributed by atoms with Crippen LogP contribution in [0.4, 0.5) is 0 Å². The summed E-state index contributed by atoms with van der Waals surface area (Å²) in [7, 11) is 3.27. The number of hydrogen-bond donors (Lipinski definition) is 0. The Morgan fingerprint density at radius 1 is 0.704 bits per heavy atom. The van der Waals surface area contributed by atoms with Gasteiger partial charge in [-0.05, 0) is 35.4 Å². The van der Waals surface area contributed by atoms with Crippen molar-refractivity contribution in [3.63, 3.8) is 0 Å². The van der Waals surface area contributed by atoms with Crippen LogP contribution in [0.25, 0.3) is 34.4 Å². The molecule has 0 unspecified atom stereocenters. The highest BCUT2D eigenvalue weighted by Gasteiger charge is 2.06. The molecule has 0 aliphatic rings. The van der Waals surface area contributed by atoms with Crippen molar-refractivity contribution in [2.24, 2.45) is 0 Å². The summed E-state index contributed by atoms with van der Waals surface area (Å²) in [6.07, 6.45) is 4.11.